The second-order valence-electron chi connectivity index (χ2n) is 5.80. The molecule has 0 amide bonds. The van der Waals surface area contributed by atoms with Crippen molar-refractivity contribution in [1.82, 2.24) is 5.32 Å². The van der Waals surface area contributed by atoms with E-state index >= 15 is 0 Å². The average Bonchev–Trinajstić information content (AvgIpc) is 1.79. The van der Waals surface area contributed by atoms with Gasteiger partial charge in [-0.1, -0.05) is 27.7 Å². The van der Waals surface area contributed by atoms with Crippen LogP contribution in [0, 0.1) is 5.41 Å². The van der Waals surface area contributed by atoms with Gasteiger partial charge in [0.05, 0.1) is 0 Å². The molecule has 0 aromatic heterocycles. The molecule has 2 heteroatoms. The zero-order chi connectivity index (χ0) is 11.6. The Balaban J connectivity index is 4.42. The van der Waals surface area contributed by atoms with Gasteiger partial charge in [0.25, 0.3) is 0 Å². The van der Waals surface area contributed by atoms with E-state index in [2.05, 4.69) is 33.0 Å². The van der Waals surface area contributed by atoms with Crippen molar-refractivity contribution in [2.24, 2.45) is 5.41 Å². The zero-order valence-corrected chi connectivity index (χ0v) is 10.7. The van der Waals surface area contributed by atoms with Crippen molar-refractivity contribution < 1.29 is 4.79 Å². The Hall–Kier alpha value is -0.370. The minimum atomic E-state index is -0.231. The van der Waals surface area contributed by atoms with Gasteiger partial charge in [-0.25, -0.2) is 0 Å². The van der Waals surface area contributed by atoms with Gasteiger partial charge in [0, 0.05) is 17.0 Å². The second-order valence-corrected chi connectivity index (χ2v) is 5.80. The van der Waals surface area contributed by atoms with Gasteiger partial charge in [-0.05, 0) is 27.2 Å². The molecule has 2 nitrogen and oxygen atoms in total. The molecular weight excluding hydrogens is 174 g/mol. The first-order chi connectivity index (χ1) is 6.07. The van der Waals surface area contributed by atoms with Crippen LogP contribution in [0.15, 0.2) is 0 Å². The van der Waals surface area contributed by atoms with Crippen molar-refractivity contribution in [2.45, 2.75) is 66.5 Å². The third-order valence-corrected chi connectivity index (χ3v) is 2.52. The fraction of sp³-hybridized carbons (Fsp3) is 0.917. The Labute approximate surface area is 88.5 Å². The maximum atomic E-state index is 11.4. The summed E-state index contributed by atoms with van der Waals surface area (Å²) in [6, 6.07) is 0.452. The first kappa shape index (κ1) is 13.6. The lowest BCUT2D eigenvalue weighted by atomic mass is 9.77. The number of rotatable bonds is 5. The summed E-state index contributed by atoms with van der Waals surface area (Å²) >= 11 is 0. The molecule has 0 bridgehead atoms. The number of hydrogen-bond acceptors (Lipinski definition) is 2. The molecule has 0 aliphatic heterocycles. The topological polar surface area (TPSA) is 29.1 Å². The Morgan fingerprint density at radius 3 is 1.93 bits per heavy atom. The predicted octanol–water partition coefficient (Wildman–Crippen LogP) is 2.77. The van der Waals surface area contributed by atoms with Crippen LogP contribution in [0.5, 0.6) is 0 Å². The van der Waals surface area contributed by atoms with Gasteiger partial charge < -0.3 is 5.32 Å². The molecule has 0 aromatic rings. The van der Waals surface area contributed by atoms with Gasteiger partial charge in [0.2, 0.25) is 0 Å². The zero-order valence-electron chi connectivity index (χ0n) is 10.7. The molecule has 0 aliphatic rings. The predicted molar refractivity (Wildman–Crippen MR) is 61.4 cm³/mol. The van der Waals surface area contributed by atoms with E-state index in [1.807, 2.05) is 13.8 Å². The molecule has 0 rings (SSSR count). The highest BCUT2D eigenvalue weighted by molar-refractivity contribution is 5.81. The van der Waals surface area contributed by atoms with Crippen LogP contribution in [0.4, 0.5) is 0 Å². The summed E-state index contributed by atoms with van der Waals surface area (Å²) in [5, 5.41) is 3.48. The molecule has 0 unspecified atom stereocenters. The van der Waals surface area contributed by atoms with Gasteiger partial charge in [-0.3, -0.25) is 4.79 Å². The van der Waals surface area contributed by atoms with Crippen molar-refractivity contribution >= 4 is 5.78 Å². The minimum Gasteiger partial charge on any atom is -0.310 e. The van der Waals surface area contributed by atoms with Crippen LogP contribution < -0.4 is 5.32 Å². The van der Waals surface area contributed by atoms with Crippen LogP contribution in [0.2, 0.25) is 0 Å². The first-order valence-electron chi connectivity index (χ1n) is 5.35. The summed E-state index contributed by atoms with van der Waals surface area (Å²) in [7, 11) is 0. The lowest BCUT2D eigenvalue weighted by Crippen LogP contribution is -2.47. The molecular formula is C12H25NO. The molecule has 0 aromatic carbocycles. The summed E-state index contributed by atoms with van der Waals surface area (Å²) in [5.41, 5.74) is -0.214. The summed E-state index contributed by atoms with van der Waals surface area (Å²) in [4.78, 5) is 11.4. The van der Waals surface area contributed by atoms with E-state index in [1.54, 1.807) is 6.92 Å². The normalized spacial score (nSPS) is 13.4. The van der Waals surface area contributed by atoms with Crippen LogP contribution >= 0.6 is 0 Å². The molecule has 0 radical (unpaired) electrons. The quantitative estimate of drug-likeness (QED) is 0.737. The third-order valence-electron chi connectivity index (χ3n) is 2.52. The maximum Gasteiger partial charge on any atom is 0.135 e. The summed E-state index contributed by atoms with van der Waals surface area (Å²) in [6.07, 6.45) is 0.869. The van der Waals surface area contributed by atoms with Gasteiger partial charge in [-0.2, -0.15) is 0 Å². The van der Waals surface area contributed by atoms with Crippen molar-refractivity contribution in [3.05, 3.63) is 0 Å². The van der Waals surface area contributed by atoms with Crippen LogP contribution in [-0.4, -0.2) is 17.4 Å². The molecule has 0 fully saturated rings. The number of ketones is 1. The third kappa shape index (κ3) is 4.75. The monoisotopic (exact) mass is 199 g/mol. The van der Waals surface area contributed by atoms with Crippen LogP contribution in [-0.2, 0) is 4.79 Å². The molecule has 84 valence electrons. The van der Waals surface area contributed by atoms with Gasteiger partial charge in [0.15, 0.2) is 0 Å². The number of carbonyl (C=O) groups is 1. The van der Waals surface area contributed by atoms with Gasteiger partial charge in [-0.15, -0.1) is 0 Å². The SMILES string of the molecule is CC(=O)C(C)(C)CC(C)(C)NC(C)C. The molecule has 0 heterocycles. The molecule has 0 spiro atoms. The number of hydrogen-bond donors (Lipinski definition) is 1. The van der Waals surface area contributed by atoms with Crippen molar-refractivity contribution in [3.63, 3.8) is 0 Å². The van der Waals surface area contributed by atoms with E-state index in [0.29, 0.717) is 6.04 Å². The van der Waals surface area contributed by atoms with Crippen LogP contribution in [0.25, 0.3) is 0 Å². The van der Waals surface area contributed by atoms with E-state index < -0.39 is 0 Å². The lowest BCUT2D eigenvalue weighted by Gasteiger charge is -2.35. The van der Waals surface area contributed by atoms with E-state index in [0.717, 1.165) is 6.42 Å². The fourth-order valence-corrected chi connectivity index (χ4v) is 2.06. The average molecular weight is 199 g/mol. The van der Waals surface area contributed by atoms with Crippen LogP contribution in [0.3, 0.4) is 0 Å². The number of Topliss-reactive ketones (excluding diaryl/α,β-unsaturated/α-hetero) is 1. The largest absolute Gasteiger partial charge is 0.310 e. The van der Waals surface area contributed by atoms with Crippen molar-refractivity contribution in [2.75, 3.05) is 0 Å². The molecule has 1 N–H and O–H groups in total. The highest BCUT2D eigenvalue weighted by atomic mass is 16.1. The number of carbonyl (C=O) groups excluding carboxylic acids is 1. The van der Waals surface area contributed by atoms with E-state index in [9.17, 15) is 4.79 Å². The molecule has 0 atom stereocenters. The van der Waals surface area contributed by atoms with E-state index in [1.165, 1.54) is 0 Å². The Morgan fingerprint density at radius 2 is 1.64 bits per heavy atom. The molecule has 14 heavy (non-hydrogen) atoms. The maximum absolute atomic E-state index is 11.4. The van der Waals surface area contributed by atoms with Gasteiger partial charge in [0.1, 0.15) is 5.78 Å². The molecule has 0 saturated heterocycles. The summed E-state index contributed by atoms with van der Waals surface area (Å²) in [6.45, 7) is 14.3. The Bertz CT molecular complexity index is 204. The first-order valence-corrected chi connectivity index (χ1v) is 5.35. The fourth-order valence-electron chi connectivity index (χ4n) is 2.06. The number of nitrogens with one attached hydrogen (secondary N) is 1. The standard InChI is InChI=1S/C12H25NO/c1-9(2)13-12(6,7)8-11(4,5)10(3)14/h9,13H,8H2,1-7H3. The smallest absolute Gasteiger partial charge is 0.135 e. The Morgan fingerprint density at radius 1 is 1.21 bits per heavy atom. The highest BCUT2D eigenvalue weighted by Crippen LogP contribution is 2.28. The van der Waals surface area contributed by atoms with E-state index in [4.69, 9.17) is 0 Å². The van der Waals surface area contributed by atoms with Crippen LogP contribution in [0.1, 0.15) is 54.9 Å². The second kappa shape index (κ2) is 4.43. The summed E-state index contributed by atoms with van der Waals surface area (Å²) < 4.78 is 0. The summed E-state index contributed by atoms with van der Waals surface area (Å²) in [5.74, 6) is 0.260. The Kier molecular flexibility index (Phi) is 4.32. The minimum absolute atomic E-state index is 0.0172. The highest BCUT2D eigenvalue weighted by Gasteiger charge is 2.32. The molecule has 0 saturated carbocycles. The van der Waals surface area contributed by atoms with Crippen molar-refractivity contribution in [1.29, 1.82) is 0 Å². The van der Waals surface area contributed by atoms with Crippen molar-refractivity contribution in [3.8, 4) is 0 Å². The van der Waals surface area contributed by atoms with E-state index in [-0.39, 0.29) is 16.7 Å². The molecule has 0 aliphatic carbocycles. The van der Waals surface area contributed by atoms with Gasteiger partial charge >= 0.3 is 0 Å². The lowest BCUT2D eigenvalue weighted by molar-refractivity contribution is -0.126.